The number of pyridine rings is 2. The SMILES string of the molecule is Cc1ccc(N(C)c2cc[n+](-c3ccc(-c4ccc(-[n+]5ccc(N(C)c6ccc(C)cc6)c6ccccc65)cc4)cc3)c3ccccc23)cc1.[Br-].[Br-]. The molecule has 52 heavy (non-hydrogen) atoms. The Morgan fingerprint density at radius 3 is 1.10 bits per heavy atom. The molecule has 6 heteroatoms. The van der Waals surface area contributed by atoms with Crippen LogP contribution in [0.15, 0.2) is 170 Å². The number of halogens is 2. The van der Waals surface area contributed by atoms with Crippen molar-refractivity contribution >= 4 is 44.6 Å². The molecule has 0 unspecified atom stereocenters. The minimum Gasteiger partial charge on any atom is -1.00 e. The Hall–Kier alpha value is -5.30. The first-order chi connectivity index (χ1) is 24.4. The van der Waals surface area contributed by atoms with Crippen molar-refractivity contribution in [3.63, 3.8) is 0 Å². The van der Waals surface area contributed by atoms with E-state index in [0.717, 1.165) is 11.4 Å². The van der Waals surface area contributed by atoms with Crippen molar-refractivity contribution in [1.29, 1.82) is 0 Å². The zero-order valence-electron chi connectivity index (χ0n) is 29.7. The number of rotatable bonds is 7. The van der Waals surface area contributed by atoms with Gasteiger partial charge in [-0.25, -0.2) is 0 Å². The third-order valence-electron chi connectivity index (χ3n) is 9.83. The van der Waals surface area contributed by atoms with E-state index in [9.17, 15) is 0 Å². The van der Waals surface area contributed by atoms with E-state index in [0.29, 0.717) is 0 Å². The van der Waals surface area contributed by atoms with E-state index in [-0.39, 0.29) is 34.0 Å². The van der Waals surface area contributed by atoms with Crippen LogP contribution in [-0.2, 0) is 0 Å². The molecule has 0 N–H and O–H groups in total. The lowest BCUT2D eigenvalue weighted by Crippen LogP contribution is -3.00. The van der Waals surface area contributed by atoms with Crippen molar-refractivity contribution < 1.29 is 43.1 Å². The van der Waals surface area contributed by atoms with Crippen LogP contribution in [0.3, 0.4) is 0 Å². The van der Waals surface area contributed by atoms with E-state index in [1.54, 1.807) is 0 Å². The molecule has 8 rings (SSSR count). The lowest BCUT2D eigenvalue weighted by Gasteiger charge is -2.21. The van der Waals surface area contributed by atoms with Crippen LogP contribution < -0.4 is 52.9 Å². The topological polar surface area (TPSA) is 14.2 Å². The zero-order valence-corrected chi connectivity index (χ0v) is 32.9. The highest BCUT2D eigenvalue weighted by Crippen LogP contribution is 2.32. The predicted octanol–water partition coefficient (Wildman–Crippen LogP) is 4.37. The van der Waals surface area contributed by atoms with Crippen LogP contribution in [0.4, 0.5) is 22.7 Å². The number of hydrogen-bond acceptors (Lipinski definition) is 2. The first-order valence-electron chi connectivity index (χ1n) is 17.1. The van der Waals surface area contributed by atoms with Crippen molar-refractivity contribution in [1.82, 2.24) is 0 Å². The van der Waals surface area contributed by atoms with Gasteiger partial charge < -0.3 is 43.8 Å². The number of aryl methyl sites for hydroxylation is 2. The van der Waals surface area contributed by atoms with Gasteiger partial charge in [0.2, 0.25) is 22.4 Å². The Kier molecular flexibility index (Phi) is 10.9. The molecule has 0 bridgehead atoms. The monoisotopic (exact) mass is 806 g/mol. The molecule has 0 fully saturated rings. The number of para-hydroxylation sites is 2. The maximum absolute atomic E-state index is 2.27. The number of fused-ring (bicyclic) bond motifs is 2. The van der Waals surface area contributed by atoms with Gasteiger partial charge in [-0.3, -0.25) is 0 Å². The van der Waals surface area contributed by atoms with Gasteiger partial charge in [-0.15, -0.1) is 0 Å². The number of nitrogens with zero attached hydrogens (tertiary/aromatic N) is 4. The van der Waals surface area contributed by atoms with E-state index in [1.165, 1.54) is 66.8 Å². The van der Waals surface area contributed by atoms with Gasteiger partial charge in [0.15, 0.2) is 12.4 Å². The molecule has 0 amide bonds. The Morgan fingerprint density at radius 1 is 0.385 bits per heavy atom. The molecule has 0 saturated carbocycles. The second kappa shape index (κ2) is 15.5. The highest BCUT2D eigenvalue weighted by molar-refractivity contribution is 5.93. The third kappa shape index (κ3) is 6.97. The summed E-state index contributed by atoms with van der Waals surface area (Å²) in [6.45, 7) is 4.25. The summed E-state index contributed by atoms with van der Waals surface area (Å²) in [5.74, 6) is 0. The van der Waals surface area contributed by atoms with Crippen molar-refractivity contribution in [3.05, 3.63) is 181 Å². The molecule has 8 aromatic rings. The van der Waals surface area contributed by atoms with Gasteiger partial charge in [-0.05, 0) is 85.6 Å². The molecule has 0 saturated heterocycles. The number of benzene rings is 6. The summed E-state index contributed by atoms with van der Waals surface area (Å²) in [6, 6.07) is 56.8. The molecule has 6 aromatic carbocycles. The first kappa shape index (κ1) is 36.5. The summed E-state index contributed by atoms with van der Waals surface area (Å²) in [5, 5.41) is 2.41. The summed E-state index contributed by atoms with van der Waals surface area (Å²) in [5.41, 5.74) is 14.2. The Labute approximate surface area is 327 Å². The van der Waals surface area contributed by atoms with Crippen molar-refractivity contribution in [2.45, 2.75) is 13.8 Å². The number of aromatic nitrogens is 2. The first-order valence-corrected chi connectivity index (χ1v) is 17.1. The van der Waals surface area contributed by atoms with Gasteiger partial charge in [-0.2, -0.15) is 9.13 Å². The molecular weight excluding hydrogens is 768 g/mol. The Balaban J connectivity index is 0.00000232. The van der Waals surface area contributed by atoms with Gasteiger partial charge in [0.05, 0.1) is 22.1 Å². The highest BCUT2D eigenvalue weighted by atomic mass is 79.9. The molecule has 0 aliphatic heterocycles. The molecule has 0 atom stereocenters. The normalized spacial score (nSPS) is 10.8. The molecule has 4 nitrogen and oxygen atoms in total. The average Bonchev–Trinajstić information content (AvgIpc) is 3.17. The third-order valence-corrected chi connectivity index (χ3v) is 9.83. The van der Waals surface area contributed by atoms with Crippen LogP contribution in [0.25, 0.3) is 44.3 Å². The average molecular weight is 809 g/mol. The number of hydrogen-bond donors (Lipinski definition) is 0. The molecule has 258 valence electrons. The van der Waals surface area contributed by atoms with Crippen molar-refractivity contribution in [2.24, 2.45) is 0 Å². The van der Waals surface area contributed by atoms with Crippen LogP contribution in [0.5, 0.6) is 0 Å². The zero-order chi connectivity index (χ0) is 34.2. The van der Waals surface area contributed by atoms with E-state index < -0.39 is 0 Å². The van der Waals surface area contributed by atoms with E-state index in [1.807, 2.05) is 0 Å². The molecule has 2 aromatic heterocycles. The molecule has 2 heterocycles. The minimum absolute atomic E-state index is 0. The van der Waals surface area contributed by atoms with Crippen LogP contribution in [0, 0.1) is 13.8 Å². The minimum atomic E-state index is 0. The summed E-state index contributed by atoms with van der Waals surface area (Å²) in [7, 11) is 4.27. The quantitative estimate of drug-likeness (QED) is 0.223. The maximum Gasteiger partial charge on any atom is 0.220 e. The van der Waals surface area contributed by atoms with Crippen LogP contribution in [0.1, 0.15) is 11.1 Å². The smallest absolute Gasteiger partial charge is 0.220 e. The van der Waals surface area contributed by atoms with E-state index >= 15 is 0 Å². The molecule has 0 radical (unpaired) electrons. The molecular formula is C46H40Br2N4. The van der Waals surface area contributed by atoms with Gasteiger partial charge in [0.1, 0.15) is 0 Å². The van der Waals surface area contributed by atoms with Gasteiger partial charge in [-0.1, -0.05) is 59.7 Å². The van der Waals surface area contributed by atoms with Gasteiger partial charge in [0, 0.05) is 74.0 Å². The Morgan fingerprint density at radius 2 is 0.731 bits per heavy atom. The second-order valence-electron chi connectivity index (χ2n) is 13.1. The van der Waals surface area contributed by atoms with Crippen LogP contribution in [0.2, 0.25) is 0 Å². The maximum atomic E-state index is 2.27. The summed E-state index contributed by atoms with van der Waals surface area (Å²) < 4.78 is 4.55. The molecule has 0 aliphatic rings. The molecule has 0 aliphatic carbocycles. The van der Waals surface area contributed by atoms with E-state index in [4.69, 9.17) is 0 Å². The fraction of sp³-hybridized carbons (Fsp3) is 0.0870. The summed E-state index contributed by atoms with van der Waals surface area (Å²) >= 11 is 0. The lowest BCUT2D eigenvalue weighted by atomic mass is 10.0. The summed E-state index contributed by atoms with van der Waals surface area (Å²) in [6.07, 6.45) is 4.36. The van der Waals surface area contributed by atoms with E-state index in [2.05, 4.69) is 217 Å². The molecule has 0 spiro atoms. The Bertz CT molecular complexity index is 2280. The standard InChI is InChI=1S/C46H40N4.2BrH/c1-33-13-21-37(22-14-33)47(3)43-29-31-49(45-11-7-5-9-41(43)45)39-25-17-35(18-26-39)36-19-27-40(28-20-36)50-32-30-44(42-10-6-8-12-46(42)50)48(4)38-23-15-34(2)16-24-38;;/h5-32H,1-4H3;2*1H/q+2;;/p-2. The number of anilines is 4. The van der Waals surface area contributed by atoms with Crippen molar-refractivity contribution in [3.8, 4) is 22.5 Å². The predicted molar refractivity (Wildman–Crippen MR) is 208 cm³/mol. The fourth-order valence-corrected chi connectivity index (χ4v) is 6.91. The summed E-state index contributed by atoms with van der Waals surface area (Å²) in [4.78, 5) is 4.52. The van der Waals surface area contributed by atoms with Crippen LogP contribution in [-0.4, -0.2) is 14.1 Å². The lowest BCUT2D eigenvalue weighted by molar-refractivity contribution is -0.567. The van der Waals surface area contributed by atoms with Gasteiger partial charge in [0.25, 0.3) is 0 Å². The largest absolute Gasteiger partial charge is 1.00 e. The van der Waals surface area contributed by atoms with Crippen molar-refractivity contribution in [2.75, 3.05) is 23.9 Å². The van der Waals surface area contributed by atoms with Crippen LogP contribution >= 0.6 is 0 Å². The fourth-order valence-electron chi connectivity index (χ4n) is 6.91. The second-order valence-corrected chi connectivity index (χ2v) is 13.1. The van der Waals surface area contributed by atoms with Gasteiger partial charge >= 0.3 is 0 Å². The highest BCUT2D eigenvalue weighted by Gasteiger charge is 2.20.